The van der Waals surface area contributed by atoms with Gasteiger partial charge in [-0.2, -0.15) is 0 Å². The number of nitro groups is 1. The van der Waals surface area contributed by atoms with Crippen molar-refractivity contribution in [2.24, 2.45) is 0 Å². The minimum absolute atomic E-state index is 0.147. The Hall–Kier alpha value is -2.01. The molecule has 0 heterocycles. The molecule has 0 fully saturated rings. The number of benzene rings is 2. The summed E-state index contributed by atoms with van der Waals surface area (Å²) in [4.78, 5) is 21.5. The molecule has 22 heavy (non-hydrogen) atoms. The van der Waals surface area contributed by atoms with Gasteiger partial charge in [0.05, 0.1) is 4.92 Å². The molecule has 2 rings (SSSR count). The standard InChI is InChI=1S/C13H9IN2O5S/c14-10-5-3-4-9(8-10)13(17)15-22(20,21)12-7-2-1-6-11(12)16(18)19/h1-8H,(H,15,17). The number of para-hydroxylation sites is 1. The van der Waals surface area contributed by atoms with Crippen molar-refractivity contribution in [3.05, 3.63) is 67.8 Å². The Balaban J connectivity index is 2.37. The number of nitro benzene ring substituents is 1. The van der Waals surface area contributed by atoms with E-state index in [1.54, 1.807) is 12.1 Å². The number of carbonyl (C=O) groups is 1. The molecule has 9 heteroatoms. The zero-order chi connectivity index (χ0) is 16.3. The summed E-state index contributed by atoms with van der Waals surface area (Å²) in [5.41, 5.74) is -0.445. The summed E-state index contributed by atoms with van der Waals surface area (Å²) in [5, 5.41) is 10.9. The first-order valence-electron chi connectivity index (χ1n) is 5.87. The highest BCUT2D eigenvalue weighted by atomic mass is 127. The van der Waals surface area contributed by atoms with E-state index in [9.17, 15) is 23.3 Å². The van der Waals surface area contributed by atoms with Crippen molar-refractivity contribution < 1.29 is 18.1 Å². The Labute approximate surface area is 139 Å². The molecule has 0 atom stereocenters. The van der Waals surface area contributed by atoms with Crippen molar-refractivity contribution in [1.29, 1.82) is 0 Å². The van der Waals surface area contributed by atoms with Gasteiger partial charge in [-0.1, -0.05) is 18.2 Å². The number of amides is 1. The summed E-state index contributed by atoms with van der Waals surface area (Å²) in [5.74, 6) is -0.850. The van der Waals surface area contributed by atoms with Gasteiger partial charge in [-0.25, -0.2) is 13.1 Å². The molecule has 0 aliphatic heterocycles. The average Bonchev–Trinajstić information content (AvgIpc) is 2.46. The largest absolute Gasteiger partial charge is 0.289 e. The van der Waals surface area contributed by atoms with Crippen molar-refractivity contribution >= 4 is 44.2 Å². The number of hydrogen-bond donors (Lipinski definition) is 1. The summed E-state index contributed by atoms with van der Waals surface area (Å²) in [7, 11) is -4.34. The molecule has 0 saturated carbocycles. The lowest BCUT2D eigenvalue weighted by molar-refractivity contribution is -0.387. The molecule has 2 aromatic carbocycles. The van der Waals surface area contributed by atoms with Crippen LogP contribution >= 0.6 is 22.6 Å². The number of carbonyl (C=O) groups excluding carboxylic acids is 1. The lowest BCUT2D eigenvalue weighted by atomic mass is 10.2. The molecule has 2 aromatic rings. The van der Waals surface area contributed by atoms with Crippen LogP contribution in [0.3, 0.4) is 0 Å². The minimum Gasteiger partial charge on any atom is -0.268 e. The fourth-order valence-corrected chi connectivity index (χ4v) is 3.39. The highest BCUT2D eigenvalue weighted by molar-refractivity contribution is 14.1. The smallest absolute Gasteiger partial charge is 0.268 e. The molecule has 1 amide bonds. The van der Waals surface area contributed by atoms with Crippen molar-refractivity contribution in [2.75, 3.05) is 0 Å². The van der Waals surface area contributed by atoms with Crippen LogP contribution in [0.4, 0.5) is 5.69 Å². The molecule has 0 saturated heterocycles. The number of halogens is 1. The Kier molecular flexibility index (Phi) is 4.76. The fraction of sp³-hybridized carbons (Fsp3) is 0. The number of sulfonamides is 1. The van der Waals surface area contributed by atoms with Crippen molar-refractivity contribution in [3.63, 3.8) is 0 Å². The Bertz CT molecular complexity index is 851. The van der Waals surface area contributed by atoms with Crippen LogP contribution in [0.25, 0.3) is 0 Å². The summed E-state index contributed by atoms with van der Waals surface area (Å²) in [6, 6.07) is 11.1. The highest BCUT2D eigenvalue weighted by Gasteiger charge is 2.27. The maximum atomic E-state index is 12.2. The van der Waals surface area contributed by atoms with Crippen LogP contribution in [0.2, 0.25) is 0 Å². The van der Waals surface area contributed by atoms with E-state index >= 15 is 0 Å². The van der Waals surface area contributed by atoms with Gasteiger partial charge in [0.15, 0.2) is 4.90 Å². The molecule has 0 spiro atoms. The lowest BCUT2D eigenvalue weighted by Crippen LogP contribution is -2.31. The predicted octanol–water partition coefficient (Wildman–Crippen LogP) is 2.32. The van der Waals surface area contributed by atoms with Gasteiger partial charge < -0.3 is 0 Å². The first-order chi connectivity index (χ1) is 10.3. The third-order valence-electron chi connectivity index (χ3n) is 2.67. The van der Waals surface area contributed by atoms with Crippen LogP contribution in [0, 0.1) is 13.7 Å². The maximum Gasteiger partial charge on any atom is 0.289 e. The van der Waals surface area contributed by atoms with Gasteiger partial charge in [0.2, 0.25) is 0 Å². The topological polar surface area (TPSA) is 106 Å². The van der Waals surface area contributed by atoms with E-state index in [4.69, 9.17) is 0 Å². The van der Waals surface area contributed by atoms with Gasteiger partial charge in [0, 0.05) is 15.2 Å². The summed E-state index contributed by atoms with van der Waals surface area (Å²) < 4.78 is 27.0. The first kappa shape index (κ1) is 16.4. The van der Waals surface area contributed by atoms with Gasteiger partial charge in [-0.15, -0.1) is 0 Å². The zero-order valence-corrected chi connectivity index (χ0v) is 13.9. The van der Waals surface area contributed by atoms with E-state index in [0.29, 0.717) is 0 Å². The van der Waals surface area contributed by atoms with Crippen LogP contribution in [-0.4, -0.2) is 19.2 Å². The van der Waals surface area contributed by atoms with Crippen LogP contribution < -0.4 is 4.72 Å². The predicted molar refractivity (Wildman–Crippen MR) is 86.9 cm³/mol. The second-order valence-electron chi connectivity index (χ2n) is 4.17. The molecule has 0 radical (unpaired) electrons. The van der Waals surface area contributed by atoms with E-state index in [-0.39, 0.29) is 5.56 Å². The minimum atomic E-state index is -4.34. The first-order valence-corrected chi connectivity index (χ1v) is 8.43. The zero-order valence-electron chi connectivity index (χ0n) is 10.9. The molecule has 0 aromatic heterocycles. The van der Waals surface area contributed by atoms with Gasteiger partial charge in [0.1, 0.15) is 0 Å². The van der Waals surface area contributed by atoms with Crippen LogP contribution in [0.5, 0.6) is 0 Å². The number of hydrogen-bond acceptors (Lipinski definition) is 5. The van der Waals surface area contributed by atoms with Gasteiger partial charge in [-0.3, -0.25) is 14.9 Å². The van der Waals surface area contributed by atoms with E-state index in [2.05, 4.69) is 0 Å². The molecular formula is C13H9IN2O5S. The van der Waals surface area contributed by atoms with Crippen LogP contribution in [-0.2, 0) is 10.0 Å². The number of nitrogens with one attached hydrogen (secondary N) is 1. The molecule has 0 bridgehead atoms. The Morgan fingerprint density at radius 1 is 1.14 bits per heavy atom. The molecule has 114 valence electrons. The third-order valence-corrected chi connectivity index (χ3v) is 4.71. The quantitative estimate of drug-likeness (QED) is 0.454. The molecule has 0 aliphatic rings. The summed E-state index contributed by atoms with van der Waals surface area (Å²) >= 11 is 1.98. The van der Waals surface area contributed by atoms with Crippen LogP contribution in [0.15, 0.2) is 53.4 Å². The SMILES string of the molecule is O=C(NS(=O)(=O)c1ccccc1[N+](=O)[O-])c1cccc(I)c1. The normalized spacial score (nSPS) is 11.0. The lowest BCUT2D eigenvalue weighted by Gasteiger charge is -2.07. The number of rotatable bonds is 4. The average molecular weight is 432 g/mol. The second-order valence-corrected chi connectivity index (χ2v) is 7.07. The Morgan fingerprint density at radius 2 is 1.82 bits per heavy atom. The Morgan fingerprint density at radius 3 is 2.45 bits per heavy atom. The van der Waals surface area contributed by atoms with E-state index < -0.39 is 31.4 Å². The molecule has 0 unspecified atom stereocenters. The van der Waals surface area contributed by atoms with E-state index in [1.165, 1.54) is 24.3 Å². The molecule has 1 N–H and O–H groups in total. The van der Waals surface area contributed by atoms with Crippen molar-refractivity contribution in [1.82, 2.24) is 4.72 Å². The second kappa shape index (κ2) is 6.40. The van der Waals surface area contributed by atoms with Crippen molar-refractivity contribution in [2.45, 2.75) is 4.90 Å². The summed E-state index contributed by atoms with van der Waals surface area (Å²) in [6.45, 7) is 0. The highest BCUT2D eigenvalue weighted by Crippen LogP contribution is 2.22. The molecule has 7 nitrogen and oxygen atoms in total. The van der Waals surface area contributed by atoms with E-state index in [1.807, 2.05) is 27.3 Å². The van der Waals surface area contributed by atoms with Gasteiger partial charge >= 0.3 is 0 Å². The van der Waals surface area contributed by atoms with Gasteiger partial charge in [-0.05, 0) is 46.9 Å². The van der Waals surface area contributed by atoms with Crippen LogP contribution in [0.1, 0.15) is 10.4 Å². The fourth-order valence-electron chi connectivity index (χ4n) is 1.70. The monoisotopic (exact) mass is 432 g/mol. The number of nitrogens with zero attached hydrogens (tertiary/aromatic N) is 1. The molecular weight excluding hydrogens is 423 g/mol. The maximum absolute atomic E-state index is 12.2. The van der Waals surface area contributed by atoms with E-state index in [0.717, 1.165) is 15.7 Å². The van der Waals surface area contributed by atoms with Crippen molar-refractivity contribution in [3.8, 4) is 0 Å². The third kappa shape index (κ3) is 3.60. The van der Waals surface area contributed by atoms with Gasteiger partial charge in [0.25, 0.3) is 21.6 Å². The molecule has 0 aliphatic carbocycles. The summed E-state index contributed by atoms with van der Waals surface area (Å²) in [6.07, 6.45) is 0.